The van der Waals surface area contributed by atoms with E-state index in [1.807, 2.05) is 0 Å². The van der Waals surface area contributed by atoms with Gasteiger partial charge < -0.3 is 10.4 Å². The molecule has 0 aliphatic carbocycles. The van der Waals surface area contributed by atoms with Crippen LogP contribution in [-0.2, 0) is 16.0 Å². The van der Waals surface area contributed by atoms with E-state index in [1.165, 1.54) is 6.92 Å². The van der Waals surface area contributed by atoms with Gasteiger partial charge in [0.25, 0.3) is 0 Å². The van der Waals surface area contributed by atoms with Crippen molar-refractivity contribution in [2.75, 3.05) is 0 Å². The van der Waals surface area contributed by atoms with E-state index in [1.54, 1.807) is 0 Å². The minimum atomic E-state index is -1.32. The topological polar surface area (TPSA) is 66.4 Å². The minimum Gasteiger partial charge on any atom is -0.481 e. The van der Waals surface area contributed by atoms with Crippen LogP contribution in [0.25, 0.3) is 0 Å². The maximum absolute atomic E-state index is 13.4. The number of amides is 1. The molecule has 0 fully saturated rings. The second-order valence-corrected chi connectivity index (χ2v) is 4.06. The van der Waals surface area contributed by atoms with Gasteiger partial charge in [-0.05, 0) is 18.1 Å². The quantitative estimate of drug-likeness (QED) is 0.803. The number of hydrogen-bond donors (Lipinski definition) is 2. The molecule has 0 radical (unpaired) electrons. The van der Waals surface area contributed by atoms with E-state index in [2.05, 4.69) is 5.32 Å². The van der Waals surface area contributed by atoms with Crippen LogP contribution in [0.15, 0.2) is 12.1 Å². The summed E-state index contributed by atoms with van der Waals surface area (Å²) in [5, 5.41) is 11.0. The van der Waals surface area contributed by atoms with Gasteiger partial charge >= 0.3 is 5.97 Å². The Hall–Kier alpha value is -2.05. The molecule has 0 spiro atoms. The Balaban J connectivity index is 2.92. The molecule has 0 unspecified atom stereocenters. The maximum atomic E-state index is 13.4. The molecule has 4 nitrogen and oxygen atoms in total. The van der Waals surface area contributed by atoms with Crippen LogP contribution in [-0.4, -0.2) is 23.0 Å². The number of aliphatic carboxylic acids is 1. The zero-order valence-corrected chi connectivity index (χ0v) is 10.0. The van der Waals surface area contributed by atoms with Crippen LogP contribution in [0.1, 0.15) is 18.9 Å². The highest BCUT2D eigenvalue weighted by atomic mass is 19.2. The first-order valence-electron chi connectivity index (χ1n) is 5.42. The fourth-order valence-electron chi connectivity index (χ4n) is 1.66. The molecule has 0 bridgehead atoms. The molecule has 0 aliphatic rings. The Morgan fingerprint density at radius 2 is 1.79 bits per heavy atom. The molecule has 7 heteroatoms. The van der Waals surface area contributed by atoms with Gasteiger partial charge in [0, 0.05) is 19.0 Å². The van der Waals surface area contributed by atoms with Gasteiger partial charge in [0.1, 0.15) is 5.82 Å². The van der Waals surface area contributed by atoms with Gasteiger partial charge in [0.2, 0.25) is 5.91 Å². The lowest BCUT2D eigenvalue weighted by molar-refractivity contribution is -0.137. The molecule has 0 aromatic heterocycles. The van der Waals surface area contributed by atoms with Gasteiger partial charge in [-0.1, -0.05) is 0 Å². The van der Waals surface area contributed by atoms with E-state index in [0.717, 1.165) is 0 Å². The van der Waals surface area contributed by atoms with Crippen LogP contribution < -0.4 is 5.32 Å². The third-order valence-electron chi connectivity index (χ3n) is 2.38. The van der Waals surface area contributed by atoms with E-state index in [0.29, 0.717) is 12.1 Å². The van der Waals surface area contributed by atoms with E-state index < -0.39 is 41.8 Å². The first-order valence-corrected chi connectivity index (χ1v) is 5.42. The number of nitrogens with one attached hydrogen (secondary N) is 1. The molecule has 0 aliphatic heterocycles. The highest BCUT2D eigenvalue weighted by Gasteiger charge is 2.18. The van der Waals surface area contributed by atoms with Crippen LogP contribution in [0.3, 0.4) is 0 Å². The van der Waals surface area contributed by atoms with E-state index in [-0.39, 0.29) is 12.0 Å². The van der Waals surface area contributed by atoms with Crippen LogP contribution in [0.4, 0.5) is 13.2 Å². The number of halogens is 3. The Bertz CT molecular complexity index is 489. The third-order valence-corrected chi connectivity index (χ3v) is 2.38. The summed E-state index contributed by atoms with van der Waals surface area (Å²) in [5.41, 5.74) is -0.195. The van der Waals surface area contributed by atoms with Crippen LogP contribution in [0, 0.1) is 17.5 Å². The van der Waals surface area contributed by atoms with Gasteiger partial charge in [0.05, 0.1) is 6.42 Å². The number of hydrogen-bond acceptors (Lipinski definition) is 2. The highest BCUT2D eigenvalue weighted by molar-refractivity contribution is 5.75. The Kier molecular flexibility index (Phi) is 4.91. The fourth-order valence-corrected chi connectivity index (χ4v) is 1.66. The van der Waals surface area contributed by atoms with Gasteiger partial charge in [-0.3, -0.25) is 9.59 Å². The summed E-state index contributed by atoms with van der Waals surface area (Å²) in [5.74, 6) is -5.22. The predicted molar refractivity (Wildman–Crippen MR) is 59.9 cm³/mol. The molecule has 1 aromatic rings. The Labute approximate surface area is 107 Å². The number of carboxylic acid groups (broad SMARTS) is 1. The first-order chi connectivity index (χ1) is 8.79. The molecule has 104 valence electrons. The molecule has 1 rings (SSSR count). The fraction of sp³-hybridized carbons (Fsp3) is 0.333. The second kappa shape index (κ2) is 6.21. The molecule has 0 saturated heterocycles. The predicted octanol–water partition coefficient (Wildman–Crippen LogP) is 1.63. The summed E-state index contributed by atoms with van der Waals surface area (Å²) in [4.78, 5) is 21.5. The summed E-state index contributed by atoms with van der Waals surface area (Å²) in [7, 11) is 0. The van der Waals surface area contributed by atoms with Crippen LogP contribution >= 0.6 is 0 Å². The number of carbonyl (C=O) groups excluding carboxylic acids is 1. The van der Waals surface area contributed by atoms with Crippen molar-refractivity contribution >= 4 is 11.9 Å². The number of carbonyl (C=O) groups is 2. The van der Waals surface area contributed by atoms with Gasteiger partial charge in [0.15, 0.2) is 11.6 Å². The molecule has 1 aromatic carbocycles. The van der Waals surface area contributed by atoms with E-state index >= 15 is 0 Å². The molecule has 2 N–H and O–H groups in total. The molecule has 0 saturated carbocycles. The lowest BCUT2D eigenvalue weighted by Gasteiger charge is -2.16. The average Bonchev–Trinajstić information content (AvgIpc) is 2.23. The third kappa shape index (κ3) is 4.61. The second-order valence-electron chi connectivity index (χ2n) is 4.06. The van der Waals surface area contributed by atoms with Crippen molar-refractivity contribution in [1.29, 1.82) is 0 Å². The number of benzene rings is 1. The molecule has 0 heterocycles. The van der Waals surface area contributed by atoms with Gasteiger partial charge in [-0.25, -0.2) is 13.2 Å². The van der Waals surface area contributed by atoms with E-state index in [9.17, 15) is 22.8 Å². The minimum absolute atomic E-state index is 0.195. The summed E-state index contributed by atoms with van der Waals surface area (Å²) in [6.07, 6.45) is -0.688. The summed E-state index contributed by atoms with van der Waals surface area (Å²) >= 11 is 0. The van der Waals surface area contributed by atoms with Crippen molar-refractivity contribution in [2.24, 2.45) is 0 Å². The largest absolute Gasteiger partial charge is 0.481 e. The Morgan fingerprint density at radius 1 is 1.21 bits per heavy atom. The molecule has 1 atom stereocenters. The van der Waals surface area contributed by atoms with Crippen molar-refractivity contribution < 1.29 is 27.9 Å². The van der Waals surface area contributed by atoms with Crippen molar-refractivity contribution in [3.63, 3.8) is 0 Å². The SMILES string of the molecule is CC(=O)N[C@H](CC(=O)O)Cc1cc(F)c(F)cc1F. The molecular formula is C12H12F3NO3. The average molecular weight is 275 g/mol. The van der Waals surface area contributed by atoms with Crippen molar-refractivity contribution in [2.45, 2.75) is 25.8 Å². The van der Waals surface area contributed by atoms with Gasteiger partial charge in [-0.2, -0.15) is 0 Å². The van der Waals surface area contributed by atoms with Crippen LogP contribution in [0.5, 0.6) is 0 Å². The zero-order valence-electron chi connectivity index (χ0n) is 10.0. The van der Waals surface area contributed by atoms with Crippen molar-refractivity contribution in [1.82, 2.24) is 5.32 Å². The monoisotopic (exact) mass is 275 g/mol. The summed E-state index contributed by atoms with van der Waals surface area (Å²) in [6.45, 7) is 1.18. The molecule has 19 heavy (non-hydrogen) atoms. The summed E-state index contributed by atoms with van der Waals surface area (Å²) in [6, 6.07) is 0.145. The molecular weight excluding hydrogens is 263 g/mol. The lowest BCUT2D eigenvalue weighted by atomic mass is 10.0. The summed E-state index contributed by atoms with van der Waals surface area (Å²) < 4.78 is 39.1. The lowest BCUT2D eigenvalue weighted by Crippen LogP contribution is -2.36. The smallest absolute Gasteiger partial charge is 0.305 e. The number of rotatable bonds is 5. The van der Waals surface area contributed by atoms with Crippen LogP contribution in [0.2, 0.25) is 0 Å². The maximum Gasteiger partial charge on any atom is 0.305 e. The molecule has 1 amide bonds. The van der Waals surface area contributed by atoms with E-state index in [4.69, 9.17) is 5.11 Å². The number of carboxylic acids is 1. The van der Waals surface area contributed by atoms with Crippen molar-refractivity contribution in [3.8, 4) is 0 Å². The zero-order chi connectivity index (χ0) is 14.6. The normalized spacial score (nSPS) is 12.0. The first kappa shape index (κ1) is 15.0. The highest BCUT2D eigenvalue weighted by Crippen LogP contribution is 2.16. The van der Waals surface area contributed by atoms with Crippen molar-refractivity contribution in [3.05, 3.63) is 35.1 Å². The Morgan fingerprint density at radius 3 is 2.32 bits per heavy atom. The standard InChI is InChI=1S/C12H12F3NO3/c1-6(17)16-8(4-12(18)19)2-7-3-10(14)11(15)5-9(7)13/h3,5,8H,2,4H2,1H3,(H,16,17)(H,18,19)/t8-/m0/s1. The van der Waals surface area contributed by atoms with Gasteiger partial charge in [-0.15, -0.1) is 0 Å².